The van der Waals surface area contributed by atoms with Gasteiger partial charge in [-0.25, -0.2) is 4.79 Å². The van der Waals surface area contributed by atoms with Crippen LogP contribution in [0, 0.1) is 0 Å². The van der Waals surface area contributed by atoms with Crippen LogP contribution in [0.5, 0.6) is 0 Å². The first-order valence-corrected chi connectivity index (χ1v) is 5.77. The van der Waals surface area contributed by atoms with Crippen molar-refractivity contribution in [2.75, 3.05) is 0 Å². The predicted octanol–water partition coefficient (Wildman–Crippen LogP) is 4.15. The van der Waals surface area contributed by atoms with E-state index in [0.717, 1.165) is 6.08 Å². The molecule has 1 rings (SSSR count). The molecule has 0 aliphatic heterocycles. The molecule has 0 atom stereocenters. The van der Waals surface area contributed by atoms with E-state index in [1.54, 1.807) is 0 Å². The molecule has 0 unspecified atom stereocenters. The first-order valence-electron chi connectivity index (χ1n) is 5.77. The molecular weight excluding hydrogens is 212 g/mol. The molecule has 1 aromatic rings. The summed E-state index contributed by atoms with van der Waals surface area (Å²) in [5.41, 5.74) is 1.30. The van der Waals surface area contributed by atoms with Gasteiger partial charge in [-0.15, -0.1) is 0 Å². The Labute approximate surface area is 103 Å². The molecule has 0 spiro atoms. The molecule has 0 aromatic heterocycles. The number of carbonyl (C=O) groups is 1. The first-order chi connectivity index (χ1) is 8.20. The van der Waals surface area contributed by atoms with Gasteiger partial charge in [-0.2, -0.15) is 0 Å². The average molecular weight is 232 g/mol. The van der Waals surface area contributed by atoms with Crippen molar-refractivity contribution in [2.24, 2.45) is 0 Å². The third-order valence-corrected chi connectivity index (χ3v) is 2.01. The van der Waals surface area contributed by atoms with Gasteiger partial charge in [0.25, 0.3) is 0 Å². The largest absolute Gasteiger partial charge is 0.478 e. The number of benzene rings is 1. The summed E-state index contributed by atoms with van der Waals surface area (Å²) in [6, 6.07) is 10.4. The lowest BCUT2D eigenvalue weighted by Gasteiger charge is -1.91. The summed E-state index contributed by atoms with van der Waals surface area (Å²) in [5, 5.41) is 7.60. The minimum absolute atomic E-state index is 0.833. The summed E-state index contributed by atoms with van der Waals surface area (Å²) >= 11 is 0. The Morgan fingerprint density at radius 1 is 1.35 bits per heavy atom. The fraction of sp³-hybridized carbons (Fsp3) is 0.267. The smallest absolute Gasteiger partial charge is 0.327 e. The monoisotopic (exact) mass is 232 g/mol. The lowest BCUT2D eigenvalue weighted by molar-refractivity contribution is -0.131. The summed E-state index contributed by atoms with van der Waals surface area (Å²) in [5.74, 6) is -0.981. The summed E-state index contributed by atoms with van der Waals surface area (Å²) in [7, 11) is 0. The highest BCUT2D eigenvalue weighted by molar-refractivity contribution is 5.78. The molecule has 92 valence electrons. The standard InChI is InChI=1S/C12H16.C3H4O2/c1-2-3-4-6-9-12-10-7-5-8-11-12;1-2-3(4)5/h5-11H,2-4H2,1H3;2H,1H2,(H,4,5). The van der Waals surface area contributed by atoms with E-state index in [1.165, 1.54) is 24.8 Å². The van der Waals surface area contributed by atoms with Crippen LogP contribution in [0.1, 0.15) is 31.7 Å². The van der Waals surface area contributed by atoms with Crippen LogP contribution < -0.4 is 0 Å². The van der Waals surface area contributed by atoms with Crippen molar-refractivity contribution in [1.82, 2.24) is 0 Å². The van der Waals surface area contributed by atoms with E-state index in [1.807, 2.05) is 6.07 Å². The van der Waals surface area contributed by atoms with Crippen LogP contribution in [0.3, 0.4) is 0 Å². The Balaban J connectivity index is 0.000000437. The fourth-order valence-electron chi connectivity index (χ4n) is 1.11. The molecule has 0 fully saturated rings. The third-order valence-electron chi connectivity index (χ3n) is 2.01. The molecule has 0 aliphatic carbocycles. The normalized spacial score (nSPS) is 9.47. The molecule has 0 aliphatic rings. The second-order valence-electron chi connectivity index (χ2n) is 3.50. The SMILES string of the molecule is C=CC(=O)O.CCCCC=Cc1ccccc1. The molecule has 0 heterocycles. The van der Waals surface area contributed by atoms with E-state index in [2.05, 4.69) is 49.9 Å². The Morgan fingerprint density at radius 2 is 1.94 bits per heavy atom. The van der Waals surface area contributed by atoms with E-state index in [4.69, 9.17) is 5.11 Å². The number of carboxylic acid groups (broad SMARTS) is 1. The van der Waals surface area contributed by atoms with Crippen LogP contribution in [-0.2, 0) is 4.79 Å². The summed E-state index contributed by atoms with van der Waals surface area (Å²) in [4.78, 5) is 9.25. The van der Waals surface area contributed by atoms with Crippen molar-refractivity contribution in [3.63, 3.8) is 0 Å². The number of unbranched alkanes of at least 4 members (excludes halogenated alkanes) is 2. The first kappa shape index (κ1) is 15.2. The zero-order valence-electron chi connectivity index (χ0n) is 10.3. The zero-order chi connectivity index (χ0) is 12.9. The van der Waals surface area contributed by atoms with Gasteiger partial charge in [0.1, 0.15) is 0 Å². The minimum atomic E-state index is -0.981. The number of hydrogen-bond acceptors (Lipinski definition) is 1. The van der Waals surface area contributed by atoms with Gasteiger partial charge in [0.2, 0.25) is 0 Å². The van der Waals surface area contributed by atoms with Crippen molar-refractivity contribution in [2.45, 2.75) is 26.2 Å². The Morgan fingerprint density at radius 3 is 2.41 bits per heavy atom. The summed E-state index contributed by atoms with van der Waals surface area (Å²) in [6.45, 7) is 5.18. The predicted molar refractivity (Wildman–Crippen MR) is 72.8 cm³/mol. The highest BCUT2D eigenvalue weighted by Crippen LogP contribution is 2.03. The van der Waals surface area contributed by atoms with Gasteiger partial charge in [-0.3, -0.25) is 0 Å². The molecule has 1 N–H and O–H groups in total. The van der Waals surface area contributed by atoms with Gasteiger partial charge in [0.05, 0.1) is 0 Å². The molecular formula is C15H20O2. The maximum Gasteiger partial charge on any atom is 0.327 e. The van der Waals surface area contributed by atoms with E-state index in [-0.39, 0.29) is 0 Å². The van der Waals surface area contributed by atoms with Crippen molar-refractivity contribution in [1.29, 1.82) is 0 Å². The number of aliphatic carboxylic acids is 1. The Bertz CT molecular complexity index is 339. The maximum absolute atomic E-state index is 9.25. The molecule has 2 nitrogen and oxygen atoms in total. The van der Waals surface area contributed by atoms with Crippen molar-refractivity contribution in [3.05, 3.63) is 54.6 Å². The zero-order valence-corrected chi connectivity index (χ0v) is 10.3. The number of carboxylic acids is 1. The topological polar surface area (TPSA) is 37.3 Å². The fourth-order valence-corrected chi connectivity index (χ4v) is 1.11. The van der Waals surface area contributed by atoms with E-state index in [0.29, 0.717) is 0 Å². The van der Waals surface area contributed by atoms with Gasteiger partial charge < -0.3 is 5.11 Å². The molecule has 2 heteroatoms. The van der Waals surface area contributed by atoms with Gasteiger partial charge in [-0.05, 0) is 12.0 Å². The van der Waals surface area contributed by atoms with Gasteiger partial charge in [-0.1, -0.05) is 68.8 Å². The Kier molecular flexibility index (Phi) is 9.53. The highest BCUT2D eigenvalue weighted by Gasteiger charge is 1.82. The maximum atomic E-state index is 9.25. The van der Waals surface area contributed by atoms with Crippen LogP contribution in [0.15, 0.2) is 49.1 Å². The van der Waals surface area contributed by atoms with E-state index in [9.17, 15) is 4.79 Å². The van der Waals surface area contributed by atoms with Crippen LogP contribution >= 0.6 is 0 Å². The molecule has 0 saturated heterocycles. The average Bonchev–Trinajstić information content (AvgIpc) is 2.37. The second kappa shape index (κ2) is 10.7. The Hall–Kier alpha value is -1.83. The van der Waals surface area contributed by atoms with Crippen molar-refractivity contribution in [3.8, 4) is 0 Å². The van der Waals surface area contributed by atoms with Crippen LogP contribution in [-0.4, -0.2) is 11.1 Å². The molecule has 1 aromatic carbocycles. The molecule has 0 bridgehead atoms. The lowest BCUT2D eigenvalue weighted by atomic mass is 10.2. The molecule has 0 amide bonds. The highest BCUT2D eigenvalue weighted by atomic mass is 16.4. The van der Waals surface area contributed by atoms with E-state index < -0.39 is 5.97 Å². The van der Waals surface area contributed by atoms with Crippen molar-refractivity contribution < 1.29 is 9.90 Å². The van der Waals surface area contributed by atoms with Gasteiger partial charge in [0.15, 0.2) is 0 Å². The number of allylic oxidation sites excluding steroid dienone is 1. The summed E-state index contributed by atoms with van der Waals surface area (Å²) in [6.07, 6.45) is 9.04. The summed E-state index contributed by atoms with van der Waals surface area (Å²) < 4.78 is 0. The van der Waals surface area contributed by atoms with Crippen LogP contribution in [0.25, 0.3) is 6.08 Å². The molecule has 17 heavy (non-hydrogen) atoms. The van der Waals surface area contributed by atoms with Crippen LogP contribution in [0.2, 0.25) is 0 Å². The van der Waals surface area contributed by atoms with Crippen molar-refractivity contribution >= 4 is 12.0 Å². The molecule has 0 saturated carbocycles. The van der Waals surface area contributed by atoms with E-state index >= 15 is 0 Å². The third kappa shape index (κ3) is 10.5. The van der Waals surface area contributed by atoms with Gasteiger partial charge in [0, 0.05) is 6.08 Å². The van der Waals surface area contributed by atoms with Gasteiger partial charge >= 0.3 is 5.97 Å². The second-order valence-corrected chi connectivity index (χ2v) is 3.50. The lowest BCUT2D eigenvalue weighted by Crippen LogP contribution is -1.82. The quantitative estimate of drug-likeness (QED) is 0.611. The number of hydrogen-bond donors (Lipinski definition) is 1. The number of rotatable bonds is 5. The van der Waals surface area contributed by atoms with Crippen LogP contribution in [0.4, 0.5) is 0 Å². The minimum Gasteiger partial charge on any atom is -0.478 e. The molecule has 0 radical (unpaired) electrons.